The van der Waals surface area contributed by atoms with Gasteiger partial charge < -0.3 is 14.6 Å². The van der Waals surface area contributed by atoms with Gasteiger partial charge in [0.1, 0.15) is 23.7 Å². The van der Waals surface area contributed by atoms with Crippen molar-refractivity contribution in [2.45, 2.75) is 27.3 Å². The molecule has 0 aliphatic carbocycles. The van der Waals surface area contributed by atoms with Crippen LogP contribution in [-0.2, 0) is 6.54 Å². The van der Waals surface area contributed by atoms with Gasteiger partial charge in [-0.3, -0.25) is 0 Å². The molecule has 0 aliphatic heterocycles. The molecule has 29 heavy (non-hydrogen) atoms. The van der Waals surface area contributed by atoms with Crippen LogP contribution in [0.2, 0.25) is 0 Å². The Morgan fingerprint density at radius 1 is 1.14 bits per heavy atom. The summed E-state index contributed by atoms with van der Waals surface area (Å²) in [5, 5.41) is 6.24. The van der Waals surface area contributed by atoms with Crippen LogP contribution in [0.15, 0.2) is 42.0 Å². The van der Waals surface area contributed by atoms with E-state index in [-0.39, 0.29) is 5.82 Å². The van der Waals surface area contributed by atoms with Gasteiger partial charge >= 0.3 is 0 Å². The predicted octanol–water partition coefficient (Wildman–Crippen LogP) is 5.43. The van der Waals surface area contributed by atoms with Crippen LogP contribution in [0.4, 0.5) is 10.2 Å². The first-order valence-corrected chi connectivity index (χ1v) is 10.5. The quantitative estimate of drug-likeness (QED) is 0.442. The molecule has 0 aliphatic rings. The van der Waals surface area contributed by atoms with Gasteiger partial charge in [0, 0.05) is 41.7 Å². The SMILES string of the molecule is CCOc1csc(-c2cc(NCCn3c(C)cc4cc(C)cc(F)c43)ncn2)c1. The van der Waals surface area contributed by atoms with E-state index >= 15 is 0 Å². The Balaban J connectivity index is 1.48. The van der Waals surface area contributed by atoms with Crippen molar-refractivity contribution in [3.05, 3.63) is 59.1 Å². The van der Waals surface area contributed by atoms with E-state index < -0.39 is 0 Å². The van der Waals surface area contributed by atoms with E-state index in [2.05, 4.69) is 15.3 Å². The van der Waals surface area contributed by atoms with E-state index in [9.17, 15) is 4.39 Å². The smallest absolute Gasteiger partial charge is 0.147 e. The summed E-state index contributed by atoms with van der Waals surface area (Å²) in [6, 6.07) is 9.54. The lowest BCUT2D eigenvalue weighted by molar-refractivity contribution is 0.342. The molecule has 1 aromatic carbocycles. The van der Waals surface area contributed by atoms with Crippen LogP contribution < -0.4 is 10.1 Å². The van der Waals surface area contributed by atoms with Gasteiger partial charge in [-0.1, -0.05) is 0 Å². The number of thiophene rings is 1. The Morgan fingerprint density at radius 2 is 2.00 bits per heavy atom. The first kappa shape index (κ1) is 19.4. The molecule has 5 nitrogen and oxygen atoms in total. The van der Waals surface area contributed by atoms with E-state index in [1.165, 1.54) is 0 Å². The van der Waals surface area contributed by atoms with Crippen LogP contribution in [-0.4, -0.2) is 27.7 Å². The van der Waals surface area contributed by atoms with Gasteiger partial charge in [-0.2, -0.15) is 0 Å². The molecule has 3 heterocycles. The summed E-state index contributed by atoms with van der Waals surface area (Å²) in [6.45, 7) is 7.79. The number of halogens is 1. The summed E-state index contributed by atoms with van der Waals surface area (Å²) >= 11 is 1.59. The molecule has 0 unspecified atom stereocenters. The molecule has 150 valence electrons. The van der Waals surface area contributed by atoms with Crippen molar-refractivity contribution in [3.63, 3.8) is 0 Å². The third kappa shape index (κ3) is 4.10. The largest absolute Gasteiger partial charge is 0.493 e. The van der Waals surface area contributed by atoms with E-state index in [0.717, 1.165) is 38.8 Å². The molecule has 0 saturated carbocycles. The highest BCUT2D eigenvalue weighted by Gasteiger charge is 2.11. The number of benzene rings is 1. The van der Waals surface area contributed by atoms with Crippen molar-refractivity contribution in [3.8, 4) is 16.3 Å². The number of fused-ring (bicyclic) bond motifs is 1. The fourth-order valence-corrected chi connectivity index (χ4v) is 4.30. The first-order chi connectivity index (χ1) is 14.0. The van der Waals surface area contributed by atoms with Crippen LogP contribution in [0.3, 0.4) is 0 Å². The number of hydrogen-bond acceptors (Lipinski definition) is 5. The zero-order chi connectivity index (χ0) is 20.4. The third-order valence-electron chi connectivity index (χ3n) is 4.74. The molecule has 0 fully saturated rings. The maximum atomic E-state index is 14.5. The van der Waals surface area contributed by atoms with Crippen molar-refractivity contribution in [1.82, 2.24) is 14.5 Å². The Kier molecular flexibility index (Phi) is 5.49. The number of nitrogens with one attached hydrogen (secondary N) is 1. The average Bonchev–Trinajstić information content (AvgIpc) is 3.27. The summed E-state index contributed by atoms with van der Waals surface area (Å²) in [5.74, 6) is 1.42. The number of hydrogen-bond donors (Lipinski definition) is 1. The monoisotopic (exact) mass is 410 g/mol. The lowest BCUT2D eigenvalue weighted by Gasteiger charge is -2.11. The maximum absolute atomic E-state index is 14.5. The number of anilines is 1. The highest BCUT2D eigenvalue weighted by molar-refractivity contribution is 7.13. The highest BCUT2D eigenvalue weighted by atomic mass is 32.1. The fourth-order valence-electron chi connectivity index (χ4n) is 3.50. The second-order valence-corrected chi connectivity index (χ2v) is 7.83. The van der Waals surface area contributed by atoms with Crippen molar-refractivity contribution in [1.29, 1.82) is 0 Å². The molecule has 3 aromatic heterocycles. The lowest BCUT2D eigenvalue weighted by atomic mass is 10.2. The van der Waals surface area contributed by atoms with Gasteiger partial charge in [-0.05, 0) is 44.5 Å². The first-order valence-electron chi connectivity index (χ1n) is 9.58. The number of aryl methyl sites for hydroxylation is 2. The molecule has 0 atom stereocenters. The van der Waals surface area contributed by atoms with E-state index in [0.29, 0.717) is 25.2 Å². The molecule has 0 bridgehead atoms. The number of aromatic nitrogens is 3. The molecule has 0 radical (unpaired) electrons. The van der Waals surface area contributed by atoms with Crippen molar-refractivity contribution < 1.29 is 9.13 Å². The second-order valence-electron chi connectivity index (χ2n) is 6.92. The lowest BCUT2D eigenvalue weighted by Crippen LogP contribution is -2.12. The number of rotatable bonds is 7. The van der Waals surface area contributed by atoms with Crippen LogP contribution in [0, 0.1) is 19.7 Å². The Bertz CT molecular complexity index is 1150. The molecule has 0 spiro atoms. The standard InChI is InChI=1S/C22H23FN4OS/c1-4-28-17-10-20(29-12-17)19-11-21(26-13-25-19)24-5-6-27-15(3)9-16-7-14(2)8-18(23)22(16)27/h7-13H,4-6H2,1-3H3,(H,24,25,26). The third-order valence-corrected chi connectivity index (χ3v) is 5.68. The van der Waals surface area contributed by atoms with Gasteiger partial charge in [0.05, 0.1) is 22.7 Å². The Labute approximate surface area is 173 Å². The zero-order valence-electron chi connectivity index (χ0n) is 16.7. The summed E-state index contributed by atoms with van der Waals surface area (Å²) in [4.78, 5) is 9.70. The molecule has 1 N–H and O–H groups in total. The maximum Gasteiger partial charge on any atom is 0.147 e. The van der Waals surface area contributed by atoms with E-state index in [4.69, 9.17) is 4.74 Å². The summed E-state index contributed by atoms with van der Waals surface area (Å²) in [5.41, 5.74) is 3.47. The van der Waals surface area contributed by atoms with Crippen LogP contribution >= 0.6 is 11.3 Å². The topological polar surface area (TPSA) is 52.0 Å². The van der Waals surface area contributed by atoms with Gasteiger partial charge in [0.25, 0.3) is 0 Å². The molecule has 0 saturated heterocycles. The van der Waals surface area contributed by atoms with Gasteiger partial charge in [-0.25, -0.2) is 14.4 Å². The van der Waals surface area contributed by atoms with Crippen molar-refractivity contribution in [2.75, 3.05) is 18.5 Å². The molecule has 7 heteroatoms. The Hall–Kier alpha value is -2.93. The summed E-state index contributed by atoms with van der Waals surface area (Å²) < 4.78 is 22.0. The van der Waals surface area contributed by atoms with Crippen LogP contribution in [0.5, 0.6) is 5.75 Å². The number of ether oxygens (including phenoxy) is 1. The molecular formula is C22H23FN4OS. The van der Waals surface area contributed by atoms with Crippen LogP contribution in [0.25, 0.3) is 21.5 Å². The predicted molar refractivity (Wildman–Crippen MR) is 116 cm³/mol. The zero-order valence-corrected chi connectivity index (χ0v) is 17.5. The molecule has 4 rings (SSSR count). The number of nitrogens with zero attached hydrogens (tertiary/aromatic N) is 3. The van der Waals surface area contributed by atoms with E-state index in [1.807, 2.05) is 55.0 Å². The summed E-state index contributed by atoms with van der Waals surface area (Å²) in [6.07, 6.45) is 1.55. The van der Waals surface area contributed by atoms with Gasteiger partial charge in [0.2, 0.25) is 0 Å². The average molecular weight is 411 g/mol. The van der Waals surface area contributed by atoms with Crippen molar-refractivity contribution >= 4 is 28.1 Å². The van der Waals surface area contributed by atoms with Gasteiger partial charge in [-0.15, -0.1) is 11.3 Å². The molecule has 4 aromatic rings. The van der Waals surface area contributed by atoms with E-state index in [1.54, 1.807) is 23.7 Å². The Morgan fingerprint density at radius 3 is 2.83 bits per heavy atom. The van der Waals surface area contributed by atoms with Crippen LogP contribution in [0.1, 0.15) is 18.2 Å². The second kappa shape index (κ2) is 8.21. The minimum absolute atomic E-state index is 0.180. The summed E-state index contributed by atoms with van der Waals surface area (Å²) in [7, 11) is 0. The molecule has 0 amide bonds. The van der Waals surface area contributed by atoms with Crippen molar-refractivity contribution in [2.24, 2.45) is 0 Å². The minimum Gasteiger partial charge on any atom is -0.493 e. The highest BCUT2D eigenvalue weighted by Crippen LogP contribution is 2.30. The molecular weight excluding hydrogens is 387 g/mol. The normalized spacial score (nSPS) is 11.2. The van der Waals surface area contributed by atoms with Gasteiger partial charge in [0.15, 0.2) is 0 Å². The minimum atomic E-state index is -0.180. The fraction of sp³-hybridized carbons (Fsp3) is 0.273.